The highest BCUT2D eigenvalue weighted by atomic mass is 16.5. The summed E-state index contributed by atoms with van der Waals surface area (Å²) in [6, 6.07) is 12.0. The van der Waals surface area contributed by atoms with E-state index in [1.54, 1.807) is 36.4 Å². The van der Waals surface area contributed by atoms with Crippen LogP contribution < -0.4 is 4.74 Å². The van der Waals surface area contributed by atoms with Crippen molar-refractivity contribution in [3.63, 3.8) is 0 Å². The van der Waals surface area contributed by atoms with Gasteiger partial charge in [0.15, 0.2) is 0 Å². The molecule has 0 radical (unpaired) electrons. The first-order chi connectivity index (χ1) is 12.5. The van der Waals surface area contributed by atoms with Gasteiger partial charge in [-0.25, -0.2) is 4.79 Å². The van der Waals surface area contributed by atoms with Gasteiger partial charge in [0, 0.05) is 6.54 Å². The first-order valence-corrected chi connectivity index (χ1v) is 8.30. The van der Waals surface area contributed by atoms with Crippen LogP contribution in [0, 0.1) is 6.92 Å². The van der Waals surface area contributed by atoms with Crippen LogP contribution in [0.15, 0.2) is 42.5 Å². The van der Waals surface area contributed by atoms with Crippen LogP contribution >= 0.6 is 0 Å². The fraction of sp³-hybridized carbons (Fsp3) is 0.250. The lowest BCUT2D eigenvalue weighted by Gasteiger charge is -2.14. The van der Waals surface area contributed by atoms with Gasteiger partial charge in [-0.2, -0.15) is 0 Å². The van der Waals surface area contributed by atoms with Crippen molar-refractivity contribution < 1.29 is 23.9 Å². The Hall–Kier alpha value is -3.15. The zero-order chi connectivity index (χ0) is 18.7. The Morgan fingerprint density at radius 2 is 1.69 bits per heavy atom. The van der Waals surface area contributed by atoms with Crippen LogP contribution in [0.25, 0.3) is 0 Å². The van der Waals surface area contributed by atoms with Gasteiger partial charge < -0.3 is 9.47 Å². The van der Waals surface area contributed by atoms with E-state index in [2.05, 4.69) is 0 Å². The van der Waals surface area contributed by atoms with Gasteiger partial charge in [-0.1, -0.05) is 23.8 Å². The second-order valence-corrected chi connectivity index (χ2v) is 6.00. The van der Waals surface area contributed by atoms with Crippen molar-refractivity contribution in [3.8, 4) is 5.75 Å². The lowest BCUT2D eigenvalue weighted by atomic mass is 10.1. The van der Waals surface area contributed by atoms with Crippen molar-refractivity contribution in [2.24, 2.45) is 0 Å². The van der Waals surface area contributed by atoms with Crippen LogP contribution in [-0.4, -0.2) is 42.9 Å². The number of fused-ring (bicyclic) bond motifs is 1. The summed E-state index contributed by atoms with van der Waals surface area (Å²) in [5.41, 5.74) is 2.11. The van der Waals surface area contributed by atoms with Gasteiger partial charge in [0.2, 0.25) is 0 Å². The van der Waals surface area contributed by atoms with Gasteiger partial charge in [0.05, 0.1) is 24.8 Å². The van der Waals surface area contributed by atoms with Crippen molar-refractivity contribution in [2.75, 3.05) is 20.3 Å². The molecule has 0 spiro atoms. The third kappa shape index (κ3) is 3.31. The van der Waals surface area contributed by atoms with E-state index in [1.807, 2.05) is 13.0 Å². The largest absolute Gasteiger partial charge is 0.496 e. The number of hydrogen-bond acceptors (Lipinski definition) is 5. The Balaban J connectivity index is 1.55. The van der Waals surface area contributed by atoms with E-state index in [1.165, 1.54) is 12.0 Å². The number of esters is 1. The molecule has 0 fully saturated rings. The highest BCUT2D eigenvalue weighted by molar-refractivity contribution is 6.21. The van der Waals surface area contributed by atoms with E-state index in [-0.39, 0.29) is 25.0 Å². The number of carbonyl (C=O) groups is 3. The second kappa shape index (κ2) is 7.39. The molecule has 0 bridgehead atoms. The van der Waals surface area contributed by atoms with Crippen molar-refractivity contribution in [1.82, 2.24) is 4.90 Å². The number of aryl methyl sites for hydroxylation is 1. The molecular weight excluding hydrogens is 334 g/mol. The number of imide groups is 1. The maximum absolute atomic E-state index is 12.3. The Morgan fingerprint density at radius 3 is 2.31 bits per heavy atom. The summed E-state index contributed by atoms with van der Waals surface area (Å²) in [5.74, 6) is -0.664. The molecule has 0 saturated heterocycles. The molecule has 0 atom stereocenters. The fourth-order valence-corrected chi connectivity index (χ4v) is 2.89. The van der Waals surface area contributed by atoms with Crippen molar-refractivity contribution >= 4 is 17.8 Å². The minimum Gasteiger partial charge on any atom is -0.496 e. The predicted molar refractivity (Wildman–Crippen MR) is 94.4 cm³/mol. The quantitative estimate of drug-likeness (QED) is 0.454. The standard InChI is InChI=1S/C20H19NO5/c1-13-8-9-17(25-2)16(12-13)20(24)26-11-5-10-21-18(22)14-6-3-4-7-15(14)19(21)23/h3-4,6-9,12H,5,10-11H2,1-2H3. The van der Waals surface area contributed by atoms with Crippen molar-refractivity contribution in [1.29, 1.82) is 0 Å². The maximum atomic E-state index is 12.3. The van der Waals surface area contributed by atoms with E-state index in [0.29, 0.717) is 28.9 Å². The monoisotopic (exact) mass is 353 g/mol. The molecule has 2 amide bonds. The highest BCUT2D eigenvalue weighted by Crippen LogP contribution is 2.23. The molecule has 2 aromatic carbocycles. The Labute approximate surface area is 151 Å². The fourth-order valence-electron chi connectivity index (χ4n) is 2.89. The summed E-state index contributed by atoms with van der Waals surface area (Å²) in [5, 5.41) is 0. The molecule has 134 valence electrons. The van der Waals surface area contributed by atoms with E-state index >= 15 is 0 Å². The van der Waals surface area contributed by atoms with Crippen LogP contribution in [0.1, 0.15) is 43.1 Å². The van der Waals surface area contributed by atoms with Crippen LogP contribution in [0.3, 0.4) is 0 Å². The molecule has 0 unspecified atom stereocenters. The molecule has 6 nitrogen and oxygen atoms in total. The summed E-state index contributed by atoms with van der Waals surface area (Å²) >= 11 is 0. The second-order valence-electron chi connectivity index (χ2n) is 6.00. The van der Waals surface area contributed by atoms with E-state index in [0.717, 1.165) is 5.56 Å². The van der Waals surface area contributed by atoms with E-state index in [4.69, 9.17) is 9.47 Å². The van der Waals surface area contributed by atoms with E-state index < -0.39 is 5.97 Å². The SMILES string of the molecule is COc1ccc(C)cc1C(=O)OCCCN1C(=O)c2ccccc2C1=O. The maximum Gasteiger partial charge on any atom is 0.341 e. The number of benzene rings is 2. The zero-order valence-corrected chi connectivity index (χ0v) is 14.7. The highest BCUT2D eigenvalue weighted by Gasteiger charge is 2.34. The average Bonchev–Trinajstić information content (AvgIpc) is 2.90. The van der Waals surface area contributed by atoms with Crippen LogP contribution in [-0.2, 0) is 4.74 Å². The molecule has 26 heavy (non-hydrogen) atoms. The zero-order valence-electron chi connectivity index (χ0n) is 14.7. The minimum atomic E-state index is -0.493. The van der Waals surface area contributed by atoms with Gasteiger partial charge in [-0.3, -0.25) is 14.5 Å². The third-order valence-electron chi connectivity index (χ3n) is 4.21. The summed E-state index contributed by atoms with van der Waals surface area (Å²) in [6.07, 6.45) is 0.366. The van der Waals surface area contributed by atoms with Crippen LogP contribution in [0.4, 0.5) is 0 Å². The summed E-state index contributed by atoms with van der Waals surface area (Å²) in [7, 11) is 1.49. The molecular formula is C20H19NO5. The van der Waals surface area contributed by atoms with Gasteiger partial charge in [0.1, 0.15) is 11.3 Å². The lowest BCUT2D eigenvalue weighted by molar-refractivity contribution is 0.0479. The number of hydrogen-bond donors (Lipinski definition) is 0. The number of ether oxygens (including phenoxy) is 2. The van der Waals surface area contributed by atoms with Crippen molar-refractivity contribution in [3.05, 3.63) is 64.7 Å². The Morgan fingerprint density at radius 1 is 1.04 bits per heavy atom. The smallest absolute Gasteiger partial charge is 0.341 e. The van der Waals surface area contributed by atoms with Crippen LogP contribution in [0.5, 0.6) is 5.75 Å². The van der Waals surface area contributed by atoms with Crippen molar-refractivity contribution in [2.45, 2.75) is 13.3 Å². The molecule has 0 aliphatic carbocycles. The number of amides is 2. The number of methoxy groups -OCH3 is 1. The van der Waals surface area contributed by atoms with Gasteiger partial charge in [-0.15, -0.1) is 0 Å². The third-order valence-corrected chi connectivity index (χ3v) is 4.21. The average molecular weight is 353 g/mol. The van der Waals surface area contributed by atoms with E-state index in [9.17, 15) is 14.4 Å². The molecule has 1 heterocycles. The summed E-state index contributed by atoms with van der Waals surface area (Å²) in [6.45, 7) is 2.17. The number of nitrogens with zero attached hydrogens (tertiary/aromatic N) is 1. The summed E-state index contributed by atoms with van der Waals surface area (Å²) < 4.78 is 10.4. The Bertz CT molecular complexity index is 839. The topological polar surface area (TPSA) is 72.9 Å². The molecule has 0 aromatic heterocycles. The number of rotatable bonds is 6. The van der Waals surface area contributed by atoms with Gasteiger partial charge in [0.25, 0.3) is 11.8 Å². The molecule has 0 saturated carbocycles. The number of carbonyl (C=O) groups excluding carboxylic acids is 3. The normalized spacial score (nSPS) is 12.9. The molecule has 3 rings (SSSR count). The predicted octanol–water partition coefficient (Wildman–Crippen LogP) is 2.85. The molecule has 2 aromatic rings. The van der Waals surface area contributed by atoms with Gasteiger partial charge >= 0.3 is 5.97 Å². The molecule has 1 aliphatic heterocycles. The summed E-state index contributed by atoms with van der Waals surface area (Å²) in [4.78, 5) is 37.9. The lowest BCUT2D eigenvalue weighted by Crippen LogP contribution is -2.31. The molecule has 1 aliphatic rings. The Kier molecular flexibility index (Phi) is 5.02. The first kappa shape index (κ1) is 17.7. The molecule has 6 heteroatoms. The first-order valence-electron chi connectivity index (χ1n) is 8.30. The molecule has 0 N–H and O–H groups in total. The minimum absolute atomic E-state index is 0.101. The van der Waals surface area contributed by atoms with Gasteiger partial charge in [-0.05, 0) is 37.6 Å². The van der Waals surface area contributed by atoms with Crippen LogP contribution in [0.2, 0.25) is 0 Å².